The summed E-state index contributed by atoms with van der Waals surface area (Å²) in [5, 5.41) is 17.8. The molecule has 0 bridgehead atoms. The summed E-state index contributed by atoms with van der Waals surface area (Å²) in [4.78, 5) is 21.7. The average Bonchev–Trinajstić information content (AvgIpc) is 2.26. The van der Waals surface area contributed by atoms with Gasteiger partial charge in [0.05, 0.1) is 12.3 Å². The van der Waals surface area contributed by atoms with E-state index in [0.717, 1.165) is 12.8 Å². The van der Waals surface area contributed by atoms with E-state index >= 15 is 0 Å². The van der Waals surface area contributed by atoms with Gasteiger partial charge < -0.3 is 10.2 Å². The van der Waals surface area contributed by atoms with E-state index in [2.05, 4.69) is 19.9 Å². The van der Waals surface area contributed by atoms with Crippen molar-refractivity contribution in [2.24, 2.45) is 23.7 Å². The van der Waals surface area contributed by atoms with Gasteiger partial charge in [0.1, 0.15) is 0 Å². The Morgan fingerprint density at radius 1 is 1.00 bits per heavy atom. The van der Waals surface area contributed by atoms with Crippen molar-refractivity contribution >= 4 is 11.9 Å². The van der Waals surface area contributed by atoms with Gasteiger partial charge in [0.2, 0.25) is 0 Å². The molecule has 4 heteroatoms. The molecule has 0 aromatic carbocycles. The Hall–Kier alpha value is -1.32. The first-order valence-corrected chi connectivity index (χ1v) is 7.33. The third kappa shape index (κ3) is 8.73. The standard InChI is InChI=1S/C16H28O4/c1-5-6-11(2)7-12(3)8-13(4)9-14(16(19)20)10-15(17)18/h5-6,11-14H,7-10H2,1-4H3,(H,17,18)(H,19,20). The molecule has 4 atom stereocenters. The molecule has 0 rings (SSSR count). The van der Waals surface area contributed by atoms with Gasteiger partial charge in [-0.2, -0.15) is 0 Å². The van der Waals surface area contributed by atoms with Crippen LogP contribution in [0.25, 0.3) is 0 Å². The predicted molar refractivity (Wildman–Crippen MR) is 79.5 cm³/mol. The highest BCUT2D eigenvalue weighted by molar-refractivity contribution is 5.77. The zero-order chi connectivity index (χ0) is 15.7. The van der Waals surface area contributed by atoms with Gasteiger partial charge in [0.25, 0.3) is 0 Å². The Morgan fingerprint density at radius 2 is 1.55 bits per heavy atom. The van der Waals surface area contributed by atoms with Crippen molar-refractivity contribution in [1.82, 2.24) is 0 Å². The van der Waals surface area contributed by atoms with Crippen molar-refractivity contribution < 1.29 is 19.8 Å². The van der Waals surface area contributed by atoms with Crippen LogP contribution in [0.1, 0.15) is 53.4 Å². The third-order valence-corrected chi connectivity index (χ3v) is 3.56. The molecule has 0 radical (unpaired) electrons. The summed E-state index contributed by atoms with van der Waals surface area (Å²) in [6.07, 6.45) is 6.38. The van der Waals surface area contributed by atoms with Crippen LogP contribution in [0.3, 0.4) is 0 Å². The second-order valence-corrected chi connectivity index (χ2v) is 6.05. The maximum absolute atomic E-state index is 11.0. The fourth-order valence-electron chi connectivity index (χ4n) is 2.89. The van der Waals surface area contributed by atoms with Gasteiger partial charge in [0.15, 0.2) is 0 Å². The Kier molecular flexibility index (Phi) is 8.93. The van der Waals surface area contributed by atoms with E-state index < -0.39 is 17.9 Å². The van der Waals surface area contributed by atoms with Gasteiger partial charge >= 0.3 is 11.9 Å². The average molecular weight is 284 g/mol. The maximum atomic E-state index is 11.0. The molecule has 2 N–H and O–H groups in total. The maximum Gasteiger partial charge on any atom is 0.307 e. The molecule has 4 nitrogen and oxygen atoms in total. The lowest BCUT2D eigenvalue weighted by atomic mass is 9.84. The fraction of sp³-hybridized carbons (Fsp3) is 0.750. The molecule has 0 aliphatic rings. The lowest BCUT2D eigenvalue weighted by molar-refractivity contribution is -0.148. The number of aliphatic carboxylic acids is 2. The molecule has 0 amide bonds. The molecule has 116 valence electrons. The number of carboxylic acids is 2. The second kappa shape index (κ2) is 9.56. The Morgan fingerprint density at radius 3 is 2.00 bits per heavy atom. The largest absolute Gasteiger partial charge is 0.481 e. The Balaban J connectivity index is 4.27. The molecular formula is C16H28O4. The highest BCUT2D eigenvalue weighted by atomic mass is 16.4. The number of carbonyl (C=O) groups is 2. The van der Waals surface area contributed by atoms with Gasteiger partial charge in [0, 0.05) is 0 Å². The molecule has 0 spiro atoms. The van der Waals surface area contributed by atoms with Gasteiger partial charge in [-0.05, 0) is 43.9 Å². The van der Waals surface area contributed by atoms with Crippen LogP contribution < -0.4 is 0 Å². The molecule has 0 heterocycles. The van der Waals surface area contributed by atoms with Crippen molar-refractivity contribution in [1.29, 1.82) is 0 Å². The lowest BCUT2D eigenvalue weighted by Gasteiger charge is -2.21. The van der Waals surface area contributed by atoms with Gasteiger partial charge in [-0.1, -0.05) is 32.9 Å². The molecule has 0 aliphatic carbocycles. The van der Waals surface area contributed by atoms with Gasteiger partial charge in [-0.3, -0.25) is 9.59 Å². The topological polar surface area (TPSA) is 74.6 Å². The summed E-state index contributed by atoms with van der Waals surface area (Å²) in [7, 11) is 0. The first-order chi connectivity index (χ1) is 9.26. The lowest BCUT2D eigenvalue weighted by Crippen LogP contribution is -2.21. The molecule has 0 saturated carbocycles. The highest BCUT2D eigenvalue weighted by Crippen LogP contribution is 2.26. The summed E-state index contributed by atoms with van der Waals surface area (Å²) in [5.41, 5.74) is 0. The first-order valence-electron chi connectivity index (χ1n) is 7.33. The second-order valence-electron chi connectivity index (χ2n) is 6.05. The van der Waals surface area contributed by atoms with E-state index in [1.807, 2.05) is 19.9 Å². The van der Waals surface area contributed by atoms with Crippen LogP contribution in [0.2, 0.25) is 0 Å². The smallest absolute Gasteiger partial charge is 0.307 e. The van der Waals surface area contributed by atoms with Crippen LogP contribution in [0.4, 0.5) is 0 Å². The molecule has 0 fully saturated rings. The molecule has 0 aromatic rings. The minimum Gasteiger partial charge on any atom is -0.481 e. The van der Waals surface area contributed by atoms with Crippen LogP contribution in [0.15, 0.2) is 12.2 Å². The van der Waals surface area contributed by atoms with E-state index in [-0.39, 0.29) is 12.3 Å². The van der Waals surface area contributed by atoms with Gasteiger partial charge in [-0.15, -0.1) is 0 Å². The van der Waals surface area contributed by atoms with Crippen molar-refractivity contribution in [3.05, 3.63) is 12.2 Å². The zero-order valence-corrected chi connectivity index (χ0v) is 13.0. The van der Waals surface area contributed by atoms with E-state index in [1.165, 1.54) is 0 Å². The Labute approximate surface area is 121 Å². The van der Waals surface area contributed by atoms with Crippen LogP contribution >= 0.6 is 0 Å². The third-order valence-electron chi connectivity index (χ3n) is 3.56. The van der Waals surface area contributed by atoms with Gasteiger partial charge in [-0.25, -0.2) is 0 Å². The quantitative estimate of drug-likeness (QED) is 0.598. The summed E-state index contributed by atoms with van der Waals surface area (Å²) >= 11 is 0. The van der Waals surface area contributed by atoms with Crippen LogP contribution in [0, 0.1) is 23.7 Å². The number of allylic oxidation sites excluding steroid dienone is 2. The minimum absolute atomic E-state index is 0.225. The molecule has 0 aliphatic heterocycles. The summed E-state index contributed by atoms with van der Waals surface area (Å²) < 4.78 is 0. The van der Waals surface area contributed by atoms with Crippen LogP contribution in [-0.2, 0) is 9.59 Å². The van der Waals surface area contributed by atoms with E-state index in [4.69, 9.17) is 10.2 Å². The summed E-state index contributed by atoms with van der Waals surface area (Å²) in [6, 6.07) is 0. The summed E-state index contributed by atoms with van der Waals surface area (Å²) in [5.74, 6) is -1.56. The van der Waals surface area contributed by atoms with Crippen molar-refractivity contribution in [2.75, 3.05) is 0 Å². The number of carboxylic acid groups (broad SMARTS) is 2. The highest BCUT2D eigenvalue weighted by Gasteiger charge is 2.24. The predicted octanol–water partition coefficient (Wildman–Crippen LogP) is 3.82. The molecule has 0 saturated heterocycles. The van der Waals surface area contributed by atoms with E-state index in [1.54, 1.807) is 0 Å². The first kappa shape index (κ1) is 18.7. The normalized spacial score (nSPS) is 17.6. The molecule has 4 unspecified atom stereocenters. The van der Waals surface area contributed by atoms with E-state index in [0.29, 0.717) is 18.3 Å². The number of rotatable bonds is 10. The minimum atomic E-state index is -1.04. The molecule has 0 aromatic heterocycles. The van der Waals surface area contributed by atoms with Crippen molar-refractivity contribution in [3.8, 4) is 0 Å². The van der Waals surface area contributed by atoms with Crippen molar-refractivity contribution in [3.63, 3.8) is 0 Å². The van der Waals surface area contributed by atoms with Crippen LogP contribution in [-0.4, -0.2) is 22.2 Å². The van der Waals surface area contributed by atoms with Crippen molar-refractivity contribution in [2.45, 2.75) is 53.4 Å². The Bertz CT molecular complexity index is 335. The summed E-state index contributed by atoms with van der Waals surface area (Å²) in [6.45, 7) is 8.36. The number of hydrogen-bond donors (Lipinski definition) is 2. The number of hydrogen-bond acceptors (Lipinski definition) is 2. The SMILES string of the molecule is CC=CC(C)CC(C)CC(C)CC(CC(=O)O)C(=O)O. The molecular weight excluding hydrogens is 256 g/mol. The zero-order valence-electron chi connectivity index (χ0n) is 13.0. The van der Waals surface area contributed by atoms with Crippen LogP contribution in [0.5, 0.6) is 0 Å². The fourth-order valence-corrected chi connectivity index (χ4v) is 2.89. The van der Waals surface area contributed by atoms with E-state index in [9.17, 15) is 9.59 Å². The molecule has 20 heavy (non-hydrogen) atoms. The monoisotopic (exact) mass is 284 g/mol.